The Bertz CT molecular complexity index is 176. The Morgan fingerprint density at radius 2 is 2.27 bits per heavy atom. The molecule has 0 aromatic heterocycles. The molecule has 0 amide bonds. The molecule has 3 nitrogen and oxygen atoms in total. The fourth-order valence-corrected chi connectivity index (χ4v) is 0.529. The first-order valence-corrected chi connectivity index (χ1v) is 3.46. The molecule has 0 bridgehead atoms. The van der Waals surface area contributed by atoms with Gasteiger partial charge in [-0.05, 0) is 20.8 Å². The predicted molar refractivity (Wildman–Crippen MR) is 41.0 cm³/mol. The highest BCUT2D eigenvalue weighted by atomic mass is 16.7. The van der Waals surface area contributed by atoms with Gasteiger partial charge in [-0.1, -0.05) is 5.92 Å². The van der Waals surface area contributed by atoms with Crippen molar-refractivity contribution in [2.75, 3.05) is 6.61 Å². The van der Waals surface area contributed by atoms with Crippen LogP contribution in [0.15, 0.2) is 0 Å². The van der Waals surface area contributed by atoms with Crippen LogP contribution in [0.5, 0.6) is 0 Å². The van der Waals surface area contributed by atoms with E-state index in [1.165, 1.54) is 0 Å². The molecule has 0 spiro atoms. The lowest BCUT2D eigenvalue weighted by Crippen LogP contribution is -2.14. The van der Waals surface area contributed by atoms with E-state index in [4.69, 9.17) is 4.74 Å². The van der Waals surface area contributed by atoms with E-state index in [2.05, 4.69) is 16.6 Å². The maximum atomic E-state index is 10.6. The summed E-state index contributed by atoms with van der Waals surface area (Å²) in [5, 5.41) is 0. The molecule has 0 aromatic carbocycles. The van der Waals surface area contributed by atoms with Crippen LogP contribution >= 0.6 is 0 Å². The largest absolute Gasteiger partial charge is 0.509 e. The number of carbonyl (C=O) groups excluding carboxylic acids is 1. The van der Waals surface area contributed by atoms with E-state index in [9.17, 15) is 4.79 Å². The minimum atomic E-state index is -0.664. The highest BCUT2D eigenvalue weighted by molar-refractivity contribution is 5.60. The summed E-state index contributed by atoms with van der Waals surface area (Å²) in [6.07, 6.45) is -1.05. The molecule has 0 radical (unpaired) electrons. The Morgan fingerprint density at radius 1 is 1.64 bits per heavy atom. The molecule has 0 aromatic rings. The Hall–Kier alpha value is -1.17. The first-order valence-electron chi connectivity index (χ1n) is 3.46. The fraction of sp³-hybridized carbons (Fsp3) is 0.625. The van der Waals surface area contributed by atoms with E-state index in [0.29, 0.717) is 6.61 Å². The Morgan fingerprint density at radius 3 is 2.73 bits per heavy atom. The van der Waals surface area contributed by atoms with Gasteiger partial charge >= 0.3 is 6.16 Å². The summed E-state index contributed by atoms with van der Waals surface area (Å²) in [7, 11) is 0. The van der Waals surface area contributed by atoms with Gasteiger partial charge in [0, 0.05) is 0 Å². The molecule has 0 fully saturated rings. The molecule has 62 valence electrons. The third-order valence-corrected chi connectivity index (χ3v) is 0.883. The van der Waals surface area contributed by atoms with Crippen molar-refractivity contribution in [2.24, 2.45) is 0 Å². The van der Waals surface area contributed by atoms with Gasteiger partial charge in [-0.25, -0.2) is 4.79 Å². The van der Waals surface area contributed by atoms with E-state index in [-0.39, 0.29) is 6.10 Å². The van der Waals surface area contributed by atoms with Crippen LogP contribution in [0.4, 0.5) is 4.79 Å². The summed E-state index contributed by atoms with van der Waals surface area (Å²) in [5.74, 6) is 5.29. The lowest BCUT2D eigenvalue weighted by molar-refractivity contribution is 0.0477. The van der Waals surface area contributed by atoms with Crippen LogP contribution in [-0.4, -0.2) is 18.9 Å². The van der Waals surface area contributed by atoms with Crippen LogP contribution in [0.3, 0.4) is 0 Å². The third-order valence-electron chi connectivity index (χ3n) is 0.883. The van der Waals surface area contributed by atoms with Crippen molar-refractivity contribution in [1.82, 2.24) is 0 Å². The molecule has 0 aliphatic carbocycles. The molecule has 0 rings (SSSR count). The molecule has 0 saturated heterocycles. The second kappa shape index (κ2) is 5.60. The molecular weight excluding hydrogens is 144 g/mol. The van der Waals surface area contributed by atoms with Gasteiger partial charge in [0.15, 0.2) is 6.10 Å². The van der Waals surface area contributed by atoms with Crippen molar-refractivity contribution < 1.29 is 14.3 Å². The normalized spacial score (nSPS) is 10.8. The molecule has 11 heavy (non-hydrogen) atoms. The first-order chi connectivity index (χ1) is 5.20. The van der Waals surface area contributed by atoms with Crippen LogP contribution in [0.1, 0.15) is 20.8 Å². The van der Waals surface area contributed by atoms with Crippen LogP contribution in [-0.2, 0) is 9.47 Å². The van der Waals surface area contributed by atoms with E-state index in [1.54, 1.807) is 20.8 Å². The van der Waals surface area contributed by atoms with Gasteiger partial charge in [-0.3, -0.25) is 0 Å². The summed E-state index contributed by atoms with van der Waals surface area (Å²) in [6.45, 7) is 5.42. The maximum absolute atomic E-state index is 10.6. The average Bonchev–Trinajstić information content (AvgIpc) is 1.87. The standard InChI is InChI=1S/C8H12O3/c1-4-6-7(3)11-8(9)10-5-2/h7H,5H2,1-3H3. The van der Waals surface area contributed by atoms with E-state index in [0.717, 1.165) is 0 Å². The number of carbonyl (C=O) groups is 1. The topological polar surface area (TPSA) is 35.5 Å². The number of hydrogen-bond acceptors (Lipinski definition) is 3. The van der Waals surface area contributed by atoms with Gasteiger partial charge < -0.3 is 9.47 Å². The average molecular weight is 156 g/mol. The van der Waals surface area contributed by atoms with Gasteiger partial charge in [0.25, 0.3) is 0 Å². The maximum Gasteiger partial charge on any atom is 0.509 e. The predicted octanol–water partition coefficient (Wildman–Crippen LogP) is 1.57. The summed E-state index contributed by atoms with van der Waals surface area (Å²) in [5.41, 5.74) is 0. The Balaban J connectivity index is 3.63. The summed E-state index contributed by atoms with van der Waals surface area (Å²) >= 11 is 0. The monoisotopic (exact) mass is 156 g/mol. The lowest BCUT2D eigenvalue weighted by atomic mass is 10.4. The molecular formula is C8H12O3. The lowest BCUT2D eigenvalue weighted by Gasteiger charge is -2.05. The van der Waals surface area contributed by atoms with Crippen LogP contribution < -0.4 is 0 Å². The molecule has 1 unspecified atom stereocenters. The number of hydrogen-bond donors (Lipinski definition) is 0. The smallest absolute Gasteiger partial charge is 0.435 e. The molecule has 0 N–H and O–H groups in total. The summed E-state index contributed by atoms with van der Waals surface area (Å²) in [6, 6.07) is 0. The molecule has 0 aliphatic rings. The second-order valence-electron chi connectivity index (χ2n) is 1.84. The minimum absolute atomic E-state index is 0.325. The minimum Gasteiger partial charge on any atom is -0.435 e. The van der Waals surface area contributed by atoms with Gasteiger partial charge in [0.05, 0.1) is 6.61 Å². The highest BCUT2D eigenvalue weighted by Crippen LogP contribution is 1.92. The van der Waals surface area contributed by atoms with Crippen molar-refractivity contribution >= 4 is 6.16 Å². The van der Waals surface area contributed by atoms with Gasteiger partial charge in [-0.15, -0.1) is 5.92 Å². The zero-order valence-corrected chi connectivity index (χ0v) is 7.01. The molecule has 3 heteroatoms. The molecule has 0 heterocycles. The van der Waals surface area contributed by atoms with Crippen LogP contribution in [0.2, 0.25) is 0 Å². The molecule has 0 saturated carbocycles. The van der Waals surface area contributed by atoms with Gasteiger partial charge in [0.1, 0.15) is 0 Å². The first kappa shape index (κ1) is 9.83. The zero-order valence-electron chi connectivity index (χ0n) is 7.01. The van der Waals surface area contributed by atoms with E-state index in [1.807, 2.05) is 0 Å². The van der Waals surface area contributed by atoms with Crippen molar-refractivity contribution in [3.8, 4) is 11.8 Å². The zero-order chi connectivity index (χ0) is 8.69. The van der Waals surface area contributed by atoms with E-state index < -0.39 is 6.16 Å². The van der Waals surface area contributed by atoms with Crippen LogP contribution in [0, 0.1) is 11.8 Å². The Kier molecular flexibility index (Phi) is 5.01. The van der Waals surface area contributed by atoms with Crippen molar-refractivity contribution in [1.29, 1.82) is 0 Å². The highest BCUT2D eigenvalue weighted by Gasteiger charge is 2.05. The number of ether oxygens (including phenoxy) is 2. The van der Waals surface area contributed by atoms with Crippen LogP contribution in [0.25, 0.3) is 0 Å². The quantitative estimate of drug-likeness (QED) is 0.449. The van der Waals surface area contributed by atoms with Crippen molar-refractivity contribution in [3.05, 3.63) is 0 Å². The molecule has 0 aliphatic heterocycles. The Labute approximate surface area is 66.7 Å². The third kappa shape index (κ3) is 5.28. The fourth-order valence-electron chi connectivity index (χ4n) is 0.529. The van der Waals surface area contributed by atoms with Gasteiger partial charge in [-0.2, -0.15) is 0 Å². The SMILES string of the molecule is CC#CC(C)OC(=O)OCC. The van der Waals surface area contributed by atoms with Gasteiger partial charge in [0.2, 0.25) is 0 Å². The summed E-state index contributed by atoms with van der Waals surface area (Å²) < 4.78 is 9.23. The molecule has 1 atom stereocenters. The van der Waals surface area contributed by atoms with E-state index >= 15 is 0 Å². The van der Waals surface area contributed by atoms with Crippen molar-refractivity contribution in [3.63, 3.8) is 0 Å². The summed E-state index contributed by atoms with van der Waals surface area (Å²) in [4.78, 5) is 10.6. The second-order valence-corrected chi connectivity index (χ2v) is 1.84. The van der Waals surface area contributed by atoms with Crippen molar-refractivity contribution in [2.45, 2.75) is 26.9 Å². The number of rotatable bonds is 2.